The molecule has 0 aromatic carbocycles. The number of aromatic nitrogens is 1. The lowest BCUT2D eigenvalue weighted by atomic mass is 10.1. The minimum absolute atomic E-state index is 0.00302. The van der Waals surface area contributed by atoms with Crippen molar-refractivity contribution in [2.24, 2.45) is 5.92 Å². The van der Waals surface area contributed by atoms with Crippen LogP contribution in [0.15, 0.2) is 12.3 Å². The van der Waals surface area contributed by atoms with Crippen molar-refractivity contribution >= 4 is 0 Å². The maximum atomic E-state index is 12.9. The second kappa shape index (κ2) is 5.80. The van der Waals surface area contributed by atoms with Gasteiger partial charge in [-0.1, -0.05) is 13.8 Å². The largest absolute Gasteiger partial charge is 0.474 e. The van der Waals surface area contributed by atoms with Crippen LogP contribution >= 0.6 is 0 Å². The van der Waals surface area contributed by atoms with Gasteiger partial charge in [-0.3, -0.25) is 0 Å². The number of halogens is 1. The van der Waals surface area contributed by atoms with Crippen LogP contribution in [-0.4, -0.2) is 16.2 Å². The molecular formula is C12H18FNO2. The fourth-order valence-corrected chi connectivity index (χ4v) is 1.59. The second-order valence-corrected chi connectivity index (χ2v) is 4.33. The number of hydrogen-bond donors (Lipinski definition) is 1. The molecule has 3 nitrogen and oxygen atoms in total. The summed E-state index contributed by atoms with van der Waals surface area (Å²) in [5.41, 5.74) is 0.385. The van der Waals surface area contributed by atoms with E-state index in [0.717, 1.165) is 12.6 Å². The van der Waals surface area contributed by atoms with Gasteiger partial charge in [0, 0.05) is 5.56 Å². The molecule has 0 amide bonds. The molecule has 0 saturated heterocycles. The van der Waals surface area contributed by atoms with Gasteiger partial charge in [0.25, 0.3) is 0 Å². The van der Waals surface area contributed by atoms with Crippen molar-refractivity contribution in [3.05, 3.63) is 23.6 Å². The summed E-state index contributed by atoms with van der Waals surface area (Å²) in [4.78, 5) is 3.84. The zero-order valence-electron chi connectivity index (χ0n) is 9.90. The van der Waals surface area contributed by atoms with E-state index in [0.29, 0.717) is 17.4 Å². The van der Waals surface area contributed by atoms with Gasteiger partial charge < -0.3 is 9.84 Å². The van der Waals surface area contributed by atoms with E-state index in [2.05, 4.69) is 18.8 Å². The summed E-state index contributed by atoms with van der Waals surface area (Å²) in [5, 5.41) is 9.05. The highest BCUT2D eigenvalue weighted by molar-refractivity contribution is 5.25. The highest BCUT2D eigenvalue weighted by Crippen LogP contribution is 2.19. The molecule has 1 aromatic heterocycles. The third kappa shape index (κ3) is 3.77. The van der Waals surface area contributed by atoms with Crippen LogP contribution in [0.3, 0.4) is 0 Å². The Morgan fingerprint density at radius 1 is 1.44 bits per heavy atom. The van der Waals surface area contributed by atoms with Crippen molar-refractivity contribution < 1.29 is 14.2 Å². The van der Waals surface area contributed by atoms with Crippen LogP contribution in [0.2, 0.25) is 0 Å². The SMILES string of the molecule is CC(C)CC(C)Oc1ncc(F)cc1CO. The predicted octanol–water partition coefficient (Wildman–Crippen LogP) is 2.53. The molecule has 1 unspecified atom stereocenters. The first-order valence-corrected chi connectivity index (χ1v) is 5.44. The number of ether oxygens (including phenoxy) is 1. The van der Waals surface area contributed by atoms with E-state index >= 15 is 0 Å². The second-order valence-electron chi connectivity index (χ2n) is 4.33. The van der Waals surface area contributed by atoms with Crippen molar-refractivity contribution in [3.8, 4) is 5.88 Å². The minimum Gasteiger partial charge on any atom is -0.474 e. The van der Waals surface area contributed by atoms with E-state index in [-0.39, 0.29) is 12.7 Å². The van der Waals surface area contributed by atoms with Gasteiger partial charge >= 0.3 is 0 Å². The molecule has 0 fully saturated rings. The molecule has 0 spiro atoms. The van der Waals surface area contributed by atoms with Gasteiger partial charge in [0.05, 0.1) is 18.9 Å². The van der Waals surface area contributed by atoms with E-state index < -0.39 is 5.82 Å². The van der Waals surface area contributed by atoms with Crippen molar-refractivity contribution in [2.75, 3.05) is 0 Å². The molecule has 90 valence electrons. The van der Waals surface area contributed by atoms with Gasteiger partial charge in [-0.25, -0.2) is 9.37 Å². The predicted molar refractivity (Wildman–Crippen MR) is 59.7 cm³/mol. The molecule has 0 aliphatic heterocycles. The molecule has 0 aliphatic rings. The fourth-order valence-electron chi connectivity index (χ4n) is 1.59. The van der Waals surface area contributed by atoms with Crippen LogP contribution in [0.25, 0.3) is 0 Å². The molecule has 1 N–H and O–H groups in total. The Kier molecular flexibility index (Phi) is 4.68. The lowest BCUT2D eigenvalue weighted by Gasteiger charge is -2.17. The summed E-state index contributed by atoms with van der Waals surface area (Å²) in [5.74, 6) is 0.373. The van der Waals surface area contributed by atoms with Crippen LogP contribution in [0.5, 0.6) is 5.88 Å². The number of nitrogens with zero attached hydrogens (tertiary/aromatic N) is 1. The summed E-state index contributed by atoms with van der Waals surface area (Å²) >= 11 is 0. The van der Waals surface area contributed by atoms with Gasteiger partial charge in [0.15, 0.2) is 0 Å². The number of pyridine rings is 1. The normalized spacial score (nSPS) is 12.9. The topological polar surface area (TPSA) is 42.4 Å². The van der Waals surface area contributed by atoms with E-state index in [1.54, 1.807) is 0 Å². The van der Waals surface area contributed by atoms with Gasteiger partial charge in [-0.2, -0.15) is 0 Å². The average molecular weight is 227 g/mol. The molecular weight excluding hydrogens is 209 g/mol. The molecule has 16 heavy (non-hydrogen) atoms. The first kappa shape index (κ1) is 12.9. The lowest BCUT2D eigenvalue weighted by Crippen LogP contribution is -2.16. The Labute approximate surface area is 95.3 Å². The molecule has 1 rings (SSSR count). The molecule has 0 saturated carbocycles. The maximum absolute atomic E-state index is 12.9. The van der Waals surface area contributed by atoms with Gasteiger partial charge in [0.1, 0.15) is 5.82 Å². The van der Waals surface area contributed by atoms with Crippen molar-refractivity contribution in [2.45, 2.75) is 39.9 Å². The van der Waals surface area contributed by atoms with E-state index in [4.69, 9.17) is 9.84 Å². The average Bonchev–Trinajstić information content (AvgIpc) is 2.19. The van der Waals surface area contributed by atoms with Gasteiger partial charge in [0.2, 0.25) is 5.88 Å². The monoisotopic (exact) mass is 227 g/mol. The van der Waals surface area contributed by atoms with Crippen LogP contribution in [0.1, 0.15) is 32.8 Å². The van der Waals surface area contributed by atoms with E-state index in [9.17, 15) is 4.39 Å². The molecule has 1 heterocycles. The number of aliphatic hydroxyl groups excluding tert-OH is 1. The fraction of sp³-hybridized carbons (Fsp3) is 0.583. The molecule has 0 radical (unpaired) electrons. The summed E-state index contributed by atoms with van der Waals surface area (Å²) in [6, 6.07) is 1.24. The molecule has 1 atom stereocenters. The Hall–Kier alpha value is -1.16. The van der Waals surface area contributed by atoms with Gasteiger partial charge in [-0.15, -0.1) is 0 Å². The van der Waals surface area contributed by atoms with Crippen molar-refractivity contribution in [3.63, 3.8) is 0 Å². The lowest BCUT2D eigenvalue weighted by molar-refractivity contribution is 0.177. The number of hydrogen-bond acceptors (Lipinski definition) is 3. The third-order valence-electron chi connectivity index (χ3n) is 2.18. The quantitative estimate of drug-likeness (QED) is 0.840. The molecule has 0 bridgehead atoms. The van der Waals surface area contributed by atoms with Crippen molar-refractivity contribution in [1.29, 1.82) is 0 Å². The summed E-state index contributed by atoms with van der Waals surface area (Å²) in [6.45, 7) is 5.87. The van der Waals surface area contributed by atoms with E-state index in [1.807, 2.05) is 6.92 Å². The van der Waals surface area contributed by atoms with Gasteiger partial charge in [-0.05, 0) is 25.3 Å². The van der Waals surface area contributed by atoms with E-state index in [1.165, 1.54) is 6.07 Å². The zero-order chi connectivity index (χ0) is 12.1. The van der Waals surface area contributed by atoms with Crippen LogP contribution < -0.4 is 4.74 Å². The third-order valence-corrected chi connectivity index (χ3v) is 2.18. The zero-order valence-corrected chi connectivity index (χ0v) is 9.90. The standard InChI is InChI=1S/C12H18FNO2/c1-8(2)4-9(3)16-12-10(7-15)5-11(13)6-14-12/h5-6,8-9,15H,4,7H2,1-3H3. The Bertz CT molecular complexity index is 342. The summed E-state index contributed by atoms with van der Waals surface area (Å²) in [7, 11) is 0. The first-order chi connectivity index (χ1) is 7.52. The van der Waals surface area contributed by atoms with Crippen molar-refractivity contribution in [1.82, 2.24) is 4.98 Å². The highest BCUT2D eigenvalue weighted by atomic mass is 19.1. The summed E-state index contributed by atoms with van der Waals surface area (Å²) in [6.07, 6.45) is 1.99. The molecule has 1 aromatic rings. The maximum Gasteiger partial charge on any atom is 0.219 e. The number of rotatable bonds is 5. The number of aliphatic hydroxyl groups is 1. The minimum atomic E-state index is -0.465. The smallest absolute Gasteiger partial charge is 0.219 e. The highest BCUT2D eigenvalue weighted by Gasteiger charge is 2.11. The first-order valence-electron chi connectivity index (χ1n) is 5.44. The summed E-state index contributed by atoms with van der Waals surface area (Å²) < 4.78 is 18.4. The molecule has 0 aliphatic carbocycles. The Morgan fingerprint density at radius 2 is 2.12 bits per heavy atom. The molecule has 4 heteroatoms. The Balaban J connectivity index is 2.72. The Morgan fingerprint density at radius 3 is 2.69 bits per heavy atom. The van der Waals surface area contributed by atoms with Crippen LogP contribution in [-0.2, 0) is 6.61 Å². The van der Waals surface area contributed by atoms with Crippen LogP contribution in [0, 0.1) is 11.7 Å². The van der Waals surface area contributed by atoms with Crippen LogP contribution in [0.4, 0.5) is 4.39 Å².